The summed E-state index contributed by atoms with van der Waals surface area (Å²) in [4.78, 5) is 0. The van der Waals surface area contributed by atoms with Crippen molar-refractivity contribution in [1.82, 2.24) is 0 Å². The van der Waals surface area contributed by atoms with Crippen molar-refractivity contribution in [2.45, 2.75) is 71.3 Å². The summed E-state index contributed by atoms with van der Waals surface area (Å²) in [7, 11) is 0. The van der Waals surface area contributed by atoms with Crippen molar-refractivity contribution in [2.24, 2.45) is 0 Å². The molecule has 9 heteroatoms. The van der Waals surface area contributed by atoms with Crippen LogP contribution in [0.4, 0.5) is 26.3 Å². The summed E-state index contributed by atoms with van der Waals surface area (Å²) in [5.74, 6) is -7.88. The van der Waals surface area contributed by atoms with Gasteiger partial charge in [-0.25, -0.2) is 13.2 Å². The molecular weight excluding hydrogens is 558 g/mol. The highest BCUT2D eigenvalue weighted by Crippen LogP contribution is 2.40. The lowest BCUT2D eigenvalue weighted by molar-refractivity contribution is 0.270. The van der Waals surface area contributed by atoms with Crippen molar-refractivity contribution < 1.29 is 40.6 Å². The maximum atomic E-state index is 15.1. The molecule has 0 aliphatic heterocycles. The van der Waals surface area contributed by atoms with Gasteiger partial charge in [-0.05, 0) is 79.5 Å². The second-order valence-corrected chi connectivity index (χ2v) is 10.3. The Balaban J connectivity index is 1.42. The van der Waals surface area contributed by atoms with Gasteiger partial charge in [0.2, 0.25) is 17.5 Å². The minimum atomic E-state index is -1.26. The Bertz CT molecular complexity index is 1420. The Hall–Kier alpha value is -3.62. The largest absolute Gasteiger partial charge is 0.490 e. The first-order valence-electron chi connectivity index (χ1n) is 14.3. The third-order valence-corrected chi connectivity index (χ3v) is 7.34. The molecule has 42 heavy (non-hydrogen) atoms. The number of allylic oxidation sites excluding steroid dienone is 2. The number of hydrogen-bond donors (Lipinski definition) is 0. The Morgan fingerprint density at radius 1 is 0.643 bits per heavy atom. The number of benzene rings is 3. The highest BCUT2D eigenvalue weighted by atomic mass is 19.2. The molecule has 0 spiro atoms. The van der Waals surface area contributed by atoms with Crippen LogP contribution in [0.3, 0.4) is 0 Å². The van der Waals surface area contributed by atoms with Crippen molar-refractivity contribution in [1.29, 1.82) is 0 Å². The lowest BCUT2D eigenvalue weighted by Gasteiger charge is -2.24. The first-order chi connectivity index (χ1) is 20.3. The number of halogens is 6. The number of hydrogen-bond acceptors (Lipinski definition) is 3. The van der Waals surface area contributed by atoms with Gasteiger partial charge in [0.25, 0.3) is 0 Å². The Labute approximate surface area is 242 Å². The third-order valence-electron chi connectivity index (χ3n) is 7.34. The van der Waals surface area contributed by atoms with E-state index in [0.29, 0.717) is 37.9 Å². The predicted molar refractivity (Wildman–Crippen MR) is 149 cm³/mol. The van der Waals surface area contributed by atoms with Crippen molar-refractivity contribution in [3.05, 3.63) is 94.1 Å². The van der Waals surface area contributed by atoms with Gasteiger partial charge < -0.3 is 14.2 Å². The molecule has 1 aliphatic rings. The first kappa shape index (κ1) is 31.3. The third kappa shape index (κ3) is 7.05. The maximum Gasteiger partial charge on any atom is 0.201 e. The summed E-state index contributed by atoms with van der Waals surface area (Å²) in [6, 6.07) is 8.05. The number of ether oxygens (including phenoxy) is 3. The van der Waals surface area contributed by atoms with E-state index in [1.807, 2.05) is 13.8 Å². The molecule has 226 valence electrons. The summed E-state index contributed by atoms with van der Waals surface area (Å²) in [5.41, 5.74) is 0.589. The monoisotopic (exact) mass is 592 g/mol. The van der Waals surface area contributed by atoms with Gasteiger partial charge in [-0.3, -0.25) is 0 Å². The molecule has 0 bridgehead atoms. The molecule has 0 radical (unpaired) electrons. The summed E-state index contributed by atoms with van der Waals surface area (Å²) in [6.07, 6.45) is 5.83. The van der Waals surface area contributed by atoms with Gasteiger partial charge in [-0.15, -0.1) is 0 Å². The van der Waals surface area contributed by atoms with E-state index in [2.05, 4.69) is 0 Å². The van der Waals surface area contributed by atoms with Crippen LogP contribution in [-0.4, -0.2) is 13.2 Å². The standard InChI is InChI=1S/C33H34F6O3/c1-3-5-17-40-25-14-11-22(28(34)31(25)37)19-42-27-16-13-24(30(36)33(27)39)21-9-7-20(8-10-21)23-12-15-26(32(38)29(23)35)41-18-6-4-2/h9,11-16,20H,3-8,10,17-19H2,1-2H3. The first-order valence-corrected chi connectivity index (χ1v) is 14.3. The van der Waals surface area contributed by atoms with Gasteiger partial charge in [0.05, 0.1) is 13.2 Å². The van der Waals surface area contributed by atoms with E-state index < -0.39 is 47.3 Å². The quantitative estimate of drug-likeness (QED) is 0.146. The normalized spacial score (nSPS) is 15.0. The lowest BCUT2D eigenvalue weighted by atomic mass is 9.82. The molecule has 0 saturated heterocycles. The Morgan fingerprint density at radius 3 is 1.83 bits per heavy atom. The lowest BCUT2D eigenvalue weighted by Crippen LogP contribution is -2.10. The average molecular weight is 593 g/mol. The summed E-state index contributed by atoms with van der Waals surface area (Å²) < 4.78 is 104. The fourth-order valence-corrected chi connectivity index (χ4v) is 4.83. The molecule has 0 N–H and O–H groups in total. The summed E-state index contributed by atoms with van der Waals surface area (Å²) >= 11 is 0. The van der Waals surface area contributed by atoms with Crippen LogP contribution in [0.5, 0.6) is 17.2 Å². The van der Waals surface area contributed by atoms with Crippen LogP contribution in [0, 0.1) is 34.9 Å². The van der Waals surface area contributed by atoms with E-state index in [9.17, 15) is 22.0 Å². The summed E-state index contributed by atoms with van der Waals surface area (Å²) in [6.45, 7) is 3.92. The molecule has 1 unspecified atom stereocenters. The van der Waals surface area contributed by atoms with Crippen LogP contribution in [0.25, 0.3) is 5.57 Å². The Morgan fingerprint density at radius 2 is 1.21 bits per heavy atom. The minimum Gasteiger partial charge on any atom is -0.490 e. The molecule has 1 aliphatic carbocycles. The SMILES string of the molecule is CCCCOc1ccc(COc2ccc(C3=CCC(c4ccc(OCCCC)c(F)c4F)CC3)c(F)c2F)c(F)c1F. The highest BCUT2D eigenvalue weighted by molar-refractivity contribution is 5.68. The second kappa shape index (κ2) is 14.5. The zero-order valence-corrected chi connectivity index (χ0v) is 23.7. The van der Waals surface area contributed by atoms with Gasteiger partial charge in [0.15, 0.2) is 34.7 Å². The molecule has 0 amide bonds. The zero-order chi connectivity index (χ0) is 30.2. The van der Waals surface area contributed by atoms with Crippen LogP contribution in [0.15, 0.2) is 42.5 Å². The molecule has 3 aromatic carbocycles. The molecule has 0 heterocycles. The number of rotatable bonds is 13. The van der Waals surface area contributed by atoms with E-state index in [0.717, 1.165) is 19.3 Å². The molecule has 3 aromatic rings. The van der Waals surface area contributed by atoms with Crippen molar-refractivity contribution >= 4 is 5.57 Å². The van der Waals surface area contributed by atoms with E-state index in [1.54, 1.807) is 6.08 Å². The zero-order valence-electron chi connectivity index (χ0n) is 23.7. The topological polar surface area (TPSA) is 27.7 Å². The molecular formula is C33H34F6O3. The van der Waals surface area contributed by atoms with Gasteiger partial charge >= 0.3 is 0 Å². The molecule has 3 nitrogen and oxygen atoms in total. The van der Waals surface area contributed by atoms with Crippen molar-refractivity contribution in [2.75, 3.05) is 13.2 Å². The van der Waals surface area contributed by atoms with Crippen molar-refractivity contribution in [3.63, 3.8) is 0 Å². The Kier molecular flexibility index (Phi) is 10.8. The fourth-order valence-electron chi connectivity index (χ4n) is 4.83. The van der Waals surface area contributed by atoms with Crippen LogP contribution in [0.1, 0.15) is 81.4 Å². The molecule has 4 rings (SSSR count). The number of unbranched alkanes of at least 4 members (excludes halogenated alkanes) is 2. The van der Waals surface area contributed by atoms with E-state index in [1.165, 1.54) is 36.4 Å². The van der Waals surface area contributed by atoms with Gasteiger partial charge in [-0.2, -0.15) is 13.2 Å². The van der Waals surface area contributed by atoms with Gasteiger partial charge in [0.1, 0.15) is 6.61 Å². The van der Waals surface area contributed by atoms with Crippen molar-refractivity contribution in [3.8, 4) is 17.2 Å². The average Bonchev–Trinajstić information content (AvgIpc) is 2.99. The summed E-state index contributed by atoms with van der Waals surface area (Å²) in [5, 5.41) is 0. The van der Waals surface area contributed by atoms with Crippen LogP contribution < -0.4 is 14.2 Å². The second-order valence-electron chi connectivity index (χ2n) is 10.3. The molecule has 0 fully saturated rings. The smallest absolute Gasteiger partial charge is 0.201 e. The minimum absolute atomic E-state index is 0.0235. The van der Waals surface area contributed by atoms with Crippen LogP contribution in [0.2, 0.25) is 0 Å². The highest BCUT2D eigenvalue weighted by Gasteiger charge is 2.26. The fraction of sp³-hybridized carbons (Fsp3) is 0.394. The van der Waals surface area contributed by atoms with Gasteiger partial charge in [0, 0.05) is 11.1 Å². The van der Waals surface area contributed by atoms with E-state index in [4.69, 9.17) is 14.2 Å². The van der Waals surface area contributed by atoms with E-state index >= 15 is 4.39 Å². The maximum absolute atomic E-state index is 15.1. The van der Waals surface area contributed by atoms with Crippen LogP contribution in [-0.2, 0) is 6.61 Å². The van der Waals surface area contributed by atoms with Crippen LogP contribution >= 0.6 is 0 Å². The molecule has 0 aromatic heterocycles. The predicted octanol–water partition coefficient (Wildman–Crippen LogP) is 9.81. The molecule has 0 saturated carbocycles. The van der Waals surface area contributed by atoms with Gasteiger partial charge in [-0.1, -0.05) is 38.8 Å². The van der Waals surface area contributed by atoms with E-state index in [-0.39, 0.29) is 40.7 Å². The molecule has 1 atom stereocenters.